The molecule has 0 spiro atoms. The number of nitro groups is 1. The van der Waals surface area contributed by atoms with Gasteiger partial charge >= 0.3 is 0 Å². The normalized spacial score (nSPS) is 10.3. The molecule has 5 nitrogen and oxygen atoms in total. The molecule has 0 radical (unpaired) electrons. The van der Waals surface area contributed by atoms with E-state index in [1.807, 2.05) is 6.92 Å². The van der Waals surface area contributed by atoms with Crippen molar-refractivity contribution in [3.8, 4) is 0 Å². The maximum atomic E-state index is 13.6. The Bertz CT molecular complexity index is 398. The number of rotatable bonds is 6. The average Bonchev–Trinajstić information content (AvgIpc) is 2.31. The number of nitrogens with zero attached hydrogens (tertiary/aromatic N) is 2. The Morgan fingerprint density at radius 1 is 1.53 bits per heavy atom. The first kappa shape index (κ1) is 13.4. The molecule has 17 heavy (non-hydrogen) atoms. The number of non-ortho nitro benzene ring substituents is 1. The van der Waals surface area contributed by atoms with Gasteiger partial charge < -0.3 is 9.64 Å². The number of halogens is 1. The highest BCUT2D eigenvalue weighted by Crippen LogP contribution is 2.24. The van der Waals surface area contributed by atoms with E-state index in [-0.39, 0.29) is 11.4 Å². The van der Waals surface area contributed by atoms with Gasteiger partial charge in [-0.2, -0.15) is 0 Å². The Morgan fingerprint density at radius 2 is 2.24 bits per heavy atom. The number of benzene rings is 1. The van der Waals surface area contributed by atoms with Crippen LogP contribution in [0.4, 0.5) is 15.8 Å². The van der Waals surface area contributed by atoms with E-state index >= 15 is 0 Å². The molecule has 0 amide bonds. The molecule has 0 aliphatic carbocycles. The Balaban J connectivity index is 3.00. The number of hydrogen-bond donors (Lipinski definition) is 0. The van der Waals surface area contributed by atoms with Gasteiger partial charge in [0, 0.05) is 32.3 Å². The van der Waals surface area contributed by atoms with Gasteiger partial charge in [-0.25, -0.2) is 4.39 Å². The molecule has 0 saturated heterocycles. The SMILES string of the molecule is CCN(CCOC)c1cc([N+](=O)[O-])ccc1F. The van der Waals surface area contributed by atoms with E-state index in [2.05, 4.69) is 0 Å². The number of nitro benzene ring substituents is 1. The van der Waals surface area contributed by atoms with Gasteiger partial charge in [-0.15, -0.1) is 0 Å². The second-order valence-corrected chi connectivity index (χ2v) is 3.47. The first-order valence-corrected chi connectivity index (χ1v) is 5.28. The van der Waals surface area contributed by atoms with Crippen molar-refractivity contribution >= 4 is 11.4 Å². The zero-order chi connectivity index (χ0) is 12.8. The predicted molar refractivity (Wildman–Crippen MR) is 62.8 cm³/mol. The fraction of sp³-hybridized carbons (Fsp3) is 0.455. The van der Waals surface area contributed by atoms with Gasteiger partial charge in [-0.05, 0) is 13.0 Å². The first-order chi connectivity index (χ1) is 8.10. The zero-order valence-electron chi connectivity index (χ0n) is 9.85. The van der Waals surface area contributed by atoms with Crippen LogP contribution in [0.5, 0.6) is 0 Å². The second kappa shape index (κ2) is 6.15. The van der Waals surface area contributed by atoms with E-state index < -0.39 is 10.7 Å². The minimum atomic E-state index is -0.535. The van der Waals surface area contributed by atoms with Crippen LogP contribution in [-0.4, -0.2) is 31.7 Å². The maximum Gasteiger partial charge on any atom is 0.271 e. The highest BCUT2D eigenvalue weighted by atomic mass is 19.1. The van der Waals surface area contributed by atoms with Gasteiger partial charge in [0.25, 0.3) is 5.69 Å². The topological polar surface area (TPSA) is 55.6 Å². The van der Waals surface area contributed by atoms with Gasteiger partial charge in [-0.3, -0.25) is 10.1 Å². The van der Waals surface area contributed by atoms with E-state index in [1.54, 1.807) is 12.0 Å². The molecule has 0 heterocycles. The van der Waals surface area contributed by atoms with E-state index in [4.69, 9.17) is 4.74 Å². The van der Waals surface area contributed by atoms with Crippen LogP contribution >= 0.6 is 0 Å². The summed E-state index contributed by atoms with van der Waals surface area (Å²) in [5.41, 5.74) is 0.121. The van der Waals surface area contributed by atoms with Gasteiger partial charge in [0.05, 0.1) is 17.2 Å². The fourth-order valence-electron chi connectivity index (χ4n) is 1.51. The number of hydrogen-bond acceptors (Lipinski definition) is 4. The fourth-order valence-corrected chi connectivity index (χ4v) is 1.51. The van der Waals surface area contributed by atoms with Crippen molar-refractivity contribution in [2.24, 2.45) is 0 Å². The Labute approximate surface area is 98.9 Å². The summed E-state index contributed by atoms with van der Waals surface area (Å²) in [6.07, 6.45) is 0. The molecule has 94 valence electrons. The lowest BCUT2D eigenvalue weighted by Crippen LogP contribution is -2.27. The molecule has 6 heteroatoms. The van der Waals surface area contributed by atoms with Gasteiger partial charge in [0.1, 0.15) is 5.82 Å². The van der Waals surface area contributed by atoms with Crippen LogP contribution in [0.15, 0.2) is 18.2 Å². The summed E-state index contributed by atoms with van der Waals surface area (Å²) in [6.45, 7) is 3.34. The van der Waals surface area contributed by atoms with Crippen molar-refractivity contribution in [2.45, 2.75) is 6.92 Å². The molecular weight excluding hydrogens is 227 g/mol. The highest BCUT2D eigenvalue weighted by molar-refractivity contribution is 5.54. The minimum Gasteiger partial charge on any atom is -0.383 e. The molecule has 0 aliphatic rings. The lowest BCUT2D eigenvalue weighted by Gasteiger charge is -2.22. The summed E-state index contributed by atoms with van der Waals surface area (Å²) < 4.78 is 18.5. The summed E-state index contributed by atoms with van der Waals surface area (Å²) >= 11 is 0. The molecule has 0 aliphatic heterocycles. The smallest absolute Gasteiger partial charge is 0.271 e. The van der Waals surface area contributed by atoms with Crippen molar-refractivity contribution in [3.05, 3.63) is 34.1 Å². The molecule has 1 aromatic carbocycles. The van der Waals surface area contributed by atoms with Crippen LogP contribution in [-0.2, 0) is 4.74 Å². The molecule has 0 bridgehead atoms. The number of ether oxygens (including phenoxy) is 1. The third-order valence-corrected chi connectivity index (χ3v) is 2.43. The number of anilines is 1. The van der Waals surface area contributed by atoms with Crippen molar-refractivity contribution in [1.29, 1.82) is 0 Å². The van der Waals surface area contributed by atoms with E-state index in [1.165, 1.54) is 6.07 Å². The third kappa shape index (κ3) is 3.39. The molecule has 1 aromatic rings. The lowest BCUT2D eigenvalue weighted by atomic mass is 10.2. The Hall–Kier alpha value is -1.69. The van der Waals surface area contributed by atoms with Gasteiger partial charge in [0.15, 0.2) is 0 Å². The standard InChI is InChI=1S/C11H15FN2O3/c1-3-13(6-7-17-2)11-8-9(14(15)16)4-5-10(11)12/h4-5,8H,3,6-7H2,1-2H3. The van der Waals surface area contributed by atoms with Crippen LogP contribution in [0.1, 0.15) is 6.92 Å². The van der Waals surface area contributed by atoms with E-state index in [0.717, 1.165) is 12.1 Å². The summed E-state index contributed by atoms with van der Waals surface area (Å²) in [6, 6.07) is 3.51. The summed E-state index contributed by atoms with van der Waals surface area (Å²) in [7, 11) is 1.55. The number of methoxy groups -OCH3 is 1. The Kier molecular flexibility index (Phi) is 4.84. The van der Waals surface area contributed by atoms with Crippen molar-refractivity contribution in [2.75, 3.05) is 31.7 Å². The van der Waals surface area contributed by atoms with Crippen LogP contribution in [0.25, 0.3) is 0 Å². The molecular formula is C11H15FN2O3. The predicted octanol–water partition coefficient (Wildman–Crippen LogP) is 2.21. The Morgan fingerprint density at radius 3 is 2.76 bits per heavy atom. The molecule has 0 atom stereocenters. The van der Waals surface area contributed by atoms with Gasteiger partial charge in [0.2, 0.25) is 0 Å². The van der Waals surface area contributed by atoms with Crippen molar-refractivity contribution < 1.29 is 14.1 Å². The molecule has 1 rings (SSSR count). The van der Waals surface area contributed by atoms with Crippen LogP contribution in [0.3, 0.4) is 0 Å². The zero-order valence-corrected chi connectivity index (χ0v) is 9.85. The van der Waals surface area contributed by atoms with Crippen LogP contribution in [0, 0.1) is 15.9 Å². The third-order valence-electron chi connectivity index (χ3n) is 2.43. The van der Waals surface area contributed by atoms with Crippen LogP contribution in [0.2, 0.25) is 0 Å². The van der Waals surface area contributed by atoms with E-state index in [0.29, 0.717) is 19.7 Å². The molecule has 0 N–H and O–H groups in total. The molecule has 0 aromatic heterocycles. The maximum absolute atomic E-state index is 13.6. The average molecular weight is 242 g/mol. The summed E-state index contributed by atoms with van der Waals surface area (Å²) in [5.74, 6) is -0.464. The second-order valence-electron chi connectivity index (χ2n) is 3.47. The monoisotopic (exact) mass is 242 g/mol. The molecule has 0 saturated carbocycles. The summed E-state index contributed by atoms with van der Waals surface area (Å²) in [4.78, 5) is 11.8. The first-order valence-electron chi connectivity index (χ1n) is 5.28. The molecule has 0 unspecified atom stereocenters. The lowest BCUT2D eigenvalue weighted by molar-refractivity contribution is -0.384. The number of likely N-dealkylation sites (N-methyl/N-ethyl adjacent to an activating group) is 1. The molecule has 0 fully saturated rings. The van der Waals surface area contributed by atoms with Gasteiger partial charge in [-0.1, -0.05) is 0 Å². The quantitative estimate of drug-likeness (QED) is 0.567. The minimum absolute atomic E-state index is 0.114. The highest BCUT2D eigenvalue weighted by Gasteiger charge is 2.15. The van der Waals surface area contributed by atoms with E-state index in [9.17, 15) is 14.5 Å². The van der Waals surface area contributed by atoms with Crippen LogP contribution < -0.4 is 4.90 Å². The van der Waals surface area contributed by atoms with Crippen molar-refractivity contribution in [1.82, 2.24) is 0 Å². The summed E-state index contributed by atoms with van der Waals surface area (Å²) in [5, 5.41) is 10.6. The van der Waals surface area contributed by atoms with Crippen molar-refractivity contribution in [3.63, 3.8) is 0 Å². The largest absolute Gasteiger partial charge is 0.383 e.